The predicted octanol–water partition coefficient (Wildman–Crippen LogP) is 1.74. The topological polar surface area (TPSA) is 99.9 Å². The largest absolute Gasteiger partial charge is 0.396 e. The van der Waals surface area contributed by atoms with E-state index in [1.165, 1.54) is 4.31 Å². The molecule has 2 fully saturated rings. The van der Waals surface area contributed by atoms with Crippen LogP contribution >= 0.6 is 0 Å². The lowest BCUT2D eigenvalue weighted by molar-refractivity contribution is -0.139. The van der Waals surface area contributed by atoms with Gasteiger partial charge in [0, 0.05) is 49.5 Å². The summed E-state index contributed by atoms with van der Waals surface area (Å²) in [4.78, 5) is 29.1. The van der Waals surface area contributed by atoms with Crippen molar-refractivity contribution in [3.8, 4) is 0 Å². The number of pyridine rings is 1. The lowest BCUT2D eigenvalue weighted by Gasteiger charge is -2.37. The Balaban J connectivity index is 1.63. The molecule has 4 heterocycles. The zero-order chi connectivity index (χ0) is 23.3. The maximum Gasteiger partial charge on any atom is 0.258 e. The van der Waals surface area contributed by atoms with Crippen molar-refractivity contribution in [1.29, 1.82) is 0 Å². The molecule has 5 rings (SSSR count). The van der Waals surface area contributed by atoms with E-state index in [9.17, 15) is 23.1 Å². The number of aromatic nitrogens is 1. The highest BCUT2D eigenvalue weighted by Crippen LogP contribution is 2.50. The van der Waals surface area contributed by atoms with Crippen LogP contribution in [0.1, 0.15) is 62.2 Å². The summed E-state index contributed by atoms with van der Waals surface area (Å²) in [6.07, 6.45) is 10.2. The quantitative estimate of drug-likeness (QED) is 0.715. The van der Waals surface area contributed by atoms with E-state index in [4.69, 9.17) is 0 Å². The smallest absolute Gasteiger partial charge is 0.258 e. The van der Waals surface area contributed by atoms with E-state index in [-0.39, 0.29) is 24.6 Å². The number of rotatable bonds is 4. The minimum Gasteiger partial charge on any atom is -0.396 e. The van der Waals surface area contributed by atoms with Crippen LogP contribution in [0.25, 0.3) is 5.57 Å². The number of aliphatic hydroxyl groups excluding tert-OH is 1. The highest BCUT2D eigenvalue weighted by molar-refractivity contribution is 7.88. The molecule has 3 aliphatic heterocycles. The first-order valence-electron chi connectivity index (χ1n) is 12.1. The van der Waals surface area contributed by atoms with Gasteiger partial charge < -0.3 is 14.6 Å². The Morgan fingerprint density at radius 3 is 2.52 bits per heavy atom. The maximum absolute atomic E-state index is 13.7. The van der Waals surface area contributed by atoms with Crippen LogP contribution < -0.4 is 5.56 Å². The van der Waals surface area contributed by atoms with Gasteiger partial charge in [-0.15, -0.1) is 0 Å². The van der Waals surface area contributed by atoms with E-state index in [1.807, 2.05) is 11.0 Å². The Morgan fingerprint density at radius 1 is 1.12 bits per heavy atom. The van der Waals surface area contributed by atoms with Crippen molar-refractivity contribution in [3.63, 3.8) is 0 Å². The summed E-state index contributed by atoms with van der Waals surface area (Å²) in [6, 6.07) is 2.25. The maximum atomic E-state index is 13.7. The van der Waals surface area contributed by atoms with E-state index in [2.05, 4.69) is 6.08 Å². The Labute approximate surface area is 194 Å². The molecular formula is C24H33N3O5S. The molecule has 2 bridgehead atoms. The van der Waals surface area contributed by atoms with Gasteiger partial charge in [-0.05, 0) is 62.7 Å². The number of carbonyl (C=O) groups is 1. The van der Waals surface area contributed by atoms with Gasteiger partial charge in [-0.1, -0.05) is 6.08 Å². The SMILES string of the molecule is CS(=O)(=O)N1[C@@H]2Cn3c(ccc(C4=CCCCC4)c3=O)[C@H]1[C@@H](C(=O)N1CCCCC1)[C@@H]2CO. The van der Waals surface area contributed by atoms with Crippen LogP contribution in [0.4, 0.5) is 0 Å². The summed E-state index contributed by atoms with van der Waals surface area (Å²) in [5.41, 5.74) is 2.17. The average molecular weight is 476 g/mol. The van der Waals surface area contributed by atoms with E-state index in [0.29, 0.717) is 24.3 Å². The predicted molar refractivity (Wildman–Crippen MR) is 125 cm³/mol. The van der Waals surface area contributed by atoms with Gasteiger partial charge in [0.25, 0.3) is 5.56 Å². The summed E-state index contributed by atoms with van der Waals surface area (Å²) in [6.45, 7) is 1.18. The fraction of sp³-hybridized carbons (Fsp3) is 0.667. The fourth-order valence-electron chi connectivity index (χ4n) is 6.44. The van der Waals surface area contributed by atoms with Crippen molar-refractivity contribution in [2.24, 2.45) is 11.8 Å². The molecule has 180 valence electrons. The van der Waals surface area contributed by atoms with Gasteiger partial charge in [0.1, 0.15) is 0 Å². The zero-order valence-corrected chi connectivity index (χ0v) is 20.0. The third kappa shape index (κ3) is 3.78. The lowest BCUT2D eigenvalue weighted by Crippen LogP contribution is -2.49. The zero-order valence-electron chi connectivity index (χ0n) is 19.1. The monoisotopic (exact) mass is 475 g/mol. The van der Waals surface area contributed by atoms with E-state index in [1.54, 1.807) is 10.6 Å². The van der Waals surface area contributed by atoms with Crippen molar-refractivity contribution in [2.75, 3.05) is 26.0 Å². The second-order valence-corrected chi connectivity index (χ2v) is 11.8. The van der Waals surface area contributed by atoms with Gasteiger partial charge in [-0.3, -0.25) is 9.59 Å². The number of aliphatic hydroxyl groups is 1. The standard InChI is InChI=1S/C24H33N3O5S/c1-33(31,32)27-20-14-26-19(11-10-17(23(26)29)16-8-4-2-5-9-16)22(27)21(18(20)15-28)24(30)25-12-6-3-7-13-25/h8,10-11,18,20-22,28H,2-7,9,12-15H2,1H3/t18-,20-,21+,22+/m1/s1. The van der Waals surface area contributed by atoms with Crippen LogP contribution in [0.5, 0.6) is 0 Å². The minimum atomic E-state index is -3.66. The van der Waals surface area contributed by atoms with Crippen LogP contribution in [0.2, 0.25) is 0 Å². The lowest BCUT2D eigenvalue weighted by atomic mass is 9.85. The Kier molecular flexibility index (Phi) is 5.99. The van der Waals surface area contributed by atoms with Gasteiger partial charge in [0.2, 0.25) is 15.9 Å². The van der Waals surface area contributed by atoms with Crippen LogP contribution in [-0.2, 0) is 21.4 Å². The van der Waals surface area contributed by atoms with Crippen LogP contribution in [0.15, 0.2) is 23.0 Å². The normalized spacial score (nSPS) is 30.1. The average Bonchev–Trinajstić information content (AvgIpc) is 3.08. The molecule has 0 unspecified atom stereocenters. The summed E-state index contributed by atoms with van der Waals surface area (Å²) < 4.78 is 28.8. The van der Waals surface area contributed by atoms with Crippen molar-refractivity contribution >= 4 is 21.5 Å². The molecule has 1 N–H and O–H groups in total. The second kappa shape index (κ2) is 8.67. The Bertz CT molecular complexity index is 1140. The number of piperidine rings is 1. The number of carbonyl (C=O) groups excluding carboxylic acids is 1. The summed E-state index contributed by atoms with van der Waals surface area (Å²) >= 11 is 0. The van der Waals surface area contributed by atoms with Gasteiger partial charge >= 0.3 is 0 Å². The van der Waals surface area contributed by atoms with E-state index >= 15 is 0 Å². The Hall–Kier alpha value is -1.97. The molecule has 4 atom stereocenters. The third-order valence-corrected chi connectivity index (χ3v) is 9.22. The van der Waals surface area contributed by atoms with Crippen molar-refractivity contribution in [2.45, 2.75) is 63.6 Å². The summed E-state index contributed by atoms with van der Waals surface area (Å²) in [7, 11) is -3.66. The molecule has 1 aromatic heterocycles. The van der Waals surface area contributed by atoms with E-state index in [0.717, 1.165) is 56.8 Å². The third-order valence-electron chi connectivity index (χ3n) is 7.96. The van der Waals surface area contributed by atoms with Gasteiger partial charge in [-0.25, -0.2) is 8.42 Å². The van der Waals surface area contributed by atoms with Crippen LogP contribution in [-0.4, -0.2) is 65.2 Å². The first kappa shape index (κ1) is 22.8. The molecule has 0 aromatic carbocycles. The molecular weight excluding hydrogens is 442 g/mol. The van der Waals surface area contributed by atoms with Crippen LogP contribution in [0.3, 0.4) is 0 Å². The number of hydrogen-bond donors (Lipinski definition) is 1. The number of sulfonamides is 1. The molecule has 0 spiro atoms. The fourth-order valence-corrected chi connectivity index (χ4v) is 7.81. The number of allylic oxidation sites excluding steroid dienone is 2. The molecule has 1 aromatic rings. The first-order valence-corrected chi connectivity index (χ1v) is 14.0. The molecule has 2 saturated heterocycles. The highest BCUT2D eigenvalue weighted by Gasteiger charge is 2.59. The van der Waals surface area contributed by atoms with Crippen LogP contribution in [0, 0.1) is 11.8 Å². The first-order chi connectivity index (χ1) is 15.8. The molecule has 4 aliphatic rings. The van der Waals surface area contributed by atoms with Crippen molar-refractivity contribution in [1.82, 2.24) is 13.8 Å². The van der Waals surface area contributed by atoms with Crippen molar-refractivity contribution in [3.05, 3.63) is 39.8 Å². The second-order valence-electron chi connectivity index (χ2n) is 9.93. The minimum absolute atomic E-state index is 0.102. The molecule has 8 nitrogen and oxygen atoms in total. The number of nitrogens with zero attached hydrogens (tertiary/aromatic N) is 3. The Morgan fingerprint density at radius 2 is 1.88 bits per heavy atom. The van der Waals surface area contributed by atoms with Crippen molar-refractivity contribution < 1.29 is 18.3 Å². The van der Waals surface area contributed by atoms with Gasteiger partial charge in [0.15, 0.2) is 0 Å². The summed E-state index contributed by atoms with van der Waals surface area (Å²) in [5, 5.41) is 10.3. The highest BCUT2D eigenvalue weighted by atomic mass is 32.2. The number of likely N-dealkylation sites (tertiary alicyclic amines) is 1. The molecule has 0 radical (unpaired) electrons. The molecule has 1 amide bonds. The molecule has 9 heteroatoms. The summed E-state index contributed by atoms with van der Waals surface area (Å²) in [5.74, 6) is -1.34. The van der Waals surface area contributed by atoms with Gasteiger partial charge in [-0.2, -0.15) is 4.31 Å². The number of amides is 1. The molecule has 33 heavy (non-hydrogen) atoms. The molecule has 0 saturated carbocycles. The van der Waals surface area contributed by atoms with Gasteiger partial charge in [0.05, 0.1) is 18.2 Å². The number of fused-ring (bicyclic) bond motifs is 4. The molecule has 1 aliphatic carbocycles. The van der Waals surface area contributed by atoms with E-state index < -0.39 is 33.9 Å². The number of hydrogen-bond acceptors (Lipinski definition) is 5.